The van der Waals surface area contributed by atoms with Crippen LogP contribution in [0, 0.1) is 0 Å². The molecule has 2 N–H and O–H groups in total. The normalized spacial score (nSPS) is 20.9. The Bertz CT molecular complexity index is 262. The van der Waals surface area contributed by atoms with E-state index in [1.807, 2.05) is 5.32 Å². The van der Waals surface area contributed by atoms with E-state index < -0.39 is 37.1 Å². The summed E-state index contributed by atoms with van der Waals surface area (Å²) in [4.78, 5) is 22.3. The molecule has 0 aromatic heterocycles. The maximum Gasteiger partial charge on any atom is 0.405 e. The predicted octanol–water partition coefficient (Wildman–Crippen LogP) is 0.120. The van der Waals surface area contributed by atoms with Gasteiger partial charge in [-0.1, -0.05) is 0 Å². The summed E-state index contributed by atoms with van der Waals surface area (Å²) in [7, 11) is 0. The Balaban J connectivity index is 2.40. The highest BCUT2D eigenvalue weighted by molar-refractivity contribution is 5.85. The summed E-state index contributed by atoms with van der Waals surface area (Å²) >= 11 is 0. The number of carbonyl (C=O) groups excluding carboxylic acids is 1. The number of hydrogen-bond donors (Lipinski definition) is 2. The van der Waals surface area contributed by atoms with E-state index in [0.29, 0.717) is 0 Å². The molecule has 0 radical (unpaired) electrons. The van der Waals surface area contributed by atoms with E-state index in [9.17, 15) is 18.4 Å². The molecule has 1 atom stereocenters. The van der Waals surface area contributed by atoms with E-state index in [1.54, 1.807) is 0 Å². The van der Waals surface area contributed by atoms with Crippen molar-refractivity contribution in [1.29, 1.82) is 0 Å². The van der Waals surface area contributed by atoms with Crippen molar-refractivity contribution in [2.75, 3.05) is 13.1 Å². The number of amides is 2. The topological polar surface area (TPSA) is 69.6 Å². The highest BCUT2D eigenvalue weighted by atomic mass is 19.3. The zero-order chi connectivity index (χ0) is 10.9. The Labute approximate surface area is 78.7 Å². The lowest BCUT2D eigenvalue weighted by Crippen LogP contribution is -2.62. The largest absolute Gasteiger partial charge is 0.465 e. The molecule has 0 aromatic carbocycles. The third-order valence-corrected chi connectivity index (χ3v) is 1.87. The van der Waals surface area contributed by atoms with Crippen LogP contribution in [0.25, 0.3) is 0 Å². The van der Waals surface area contributed by atoms with Gasteiger partial charge in [-0.3, -0.25) is 4.79 Å². The van der Waals surface area contributed by atoms with E-state index in [0.717, 1.165) is 4.90 Å². The molecule has 0 bridgehead atoms. The molecule has 7 heteroatoms. The number of hydrogen-bond acceptors (Lipinski definition) is 2. The van der Waals surface area contributed by atoms with E-state index in [2.05, 4.69) is 0 Å². The summed E-state index contributed by atoms with van der Waals surface area (Å²) < 4.78 is 24.7. The number of nitrogens with zero attached hydrogens (tertiary/aromatic N) is 1. The van der Waals surface area contributed by atoms with E-state index in [4.69, 9.17) is 5.11 Å². The molecule has 0 saturated carbocycles. The van der Waals surface area contributed by atoms with Crippen molar-refractivity contribution in [3.63, 3.8) is 0 Å². The Morgan fingerprint density at radius 3 is 2.36 bits per heavy atom. The fourth-order valence-corrected chi connectivity index (χ4v) is 1.19. The highest BCUT2D eigenvalue weighted by Gasteiger charge is 2.47. The van der Waals surface area contributed by atoms with Gasteiger partial charge < -0.3 is 15.3 Å². The number of halogens is 2. The SMILES string of the molecule is CC(NC(=O)O)C(=O)N1CC(F)(F)C1. The fraction of sp³-hybridized carbons (Fsp3) is 0.714. The average molecular weight is 208 g/mol. The molecule has 5 nitrogen and oxygen atoms in total. The Morgan fingerprint density at radius 2 is 2.00 bits per heavy atom. The van der Waals surface area contributed by atoms with E-state index in [-0.39, 0.29) is 0 Å². The van der Waals surface area contributed by atoms with Crippen LogP contribution < -0.4 is 5.32 Å². The van der Waals surface area contributed by atoms with Crippen LogP contribution in [0.4, 0.5) is 13.6 Å². The number of likely N-dealkylation sites (tertiary alicyclic amines) is 1. The molecular weight excluding hydrogens is 198 g/mol. The molecule has 0 aromatic rings. The second-order valence-electron chi connectivity index (χ2n) is 3.22. The van der Waals surface area contributed by atoms with Gasteiger partial charge in [0.15, 0.2) is 0 Å². The van der Waals surface area contributed by atoms with Gasteiger partial charge in [-0.25, -0.2) is 13.6 Å². The van der Waals surface area contributed by atoms with Gasteiger partial charge in [0.1, 0.15) is 6.04 Å². The van der Waals surface area contributed by atoms with Crippen LogP contribution in [0.5, 0.6) is 0 Å². The number of carbonyl (C=O) groups is 2. The van der Waals surface area contributed by atoms with E-state index >= 15 is 0 Å². The van der Waals surface area contributed by atoms with Crippen LogP contribution in [0.1, 0.15) is 6.92 Å². The molecular formula is C7H10F2N2O3. The van der Waals surface area contributed by atoms with Gasteiger partial charge >= 0.3 is 6.09 Å². The molecule has 1 aliphatic rings. The smallest absolute Gasteiger partial charge is 0.405 e. The lowest BCUT2D eigenvalue weighted by Gasteiger charge is -2.39. The number of nitrogens with one attached hydrogen (secondary N) is 1. The lowest BCUT2D eigenvalue weighted by atomic mass is 10.1. The third kappa shape index (κ3) is 2.30. The van der Waals surface area contributed by atoms with Crippen LogP contribution in [-0.2, 0) is 4.79 Å². The van der Waals surface area contributed by atoms with Gasteiger partial charge in [0.2, 0.25) is 5.91 Å². The zero-order valence-corrected chi connectivity index (χ0v) is 7.46. The van der Waals surface area contributed by atoms with Crippen LogP contribution >= 0.6 is 0 Å². The predicted molar refractivity (Wildman–Crippen MR) is 42.1 cm³/mol. The molecule has 14 heavy (non-hydrogen) atoms. The van der Waals surface area contributed by atoms with Crippen LogP contribution in [0.2, 0.25) is 0 Å². The zero-order valence-electron chi connectivity index (χ0n) is 7.46. The standard InChI is InChI=1S/C7H10F2N2O3/c1-4(10-6(13)14)5(12)11-2-7(8,9)3-11/h4,10H,2-3H2,1H3,(H,13,14). The summed E-state index contributed by atoms with van der Waals surface area (Å²) in [6.07, 6.45) is -1.35. The van der Waals surface area contributed by atoms with Crippen molar-refractivity contribution in [2.45, 2.75) is 18.9 Å². The van der Waals surface area contributed by atoms with Gasteiger partial charge in [-0.2, -0.15) is 0 Å². The quantitative estimate of drug-likeness (QED) is 0.677. The molecule has 0 aliphatic carbocycles. The molecule has 1 heterocycles. The van der Waals surface area contributed by atoms with Crippen LogP contribution in [-0.4, -0.2) is 47.1 Å². The summed E-state index contributed by atoms with van der Waals surface area (Å²) in [6.45, 7) is 0.0574. The molecule has 1 rings (SSSR count). The van der Waals surface area contributed by atoms with Gasteiger partial charge in [-0.05, 0) is 6.92 Å². The van der Waals surface area contributed by atoms with Crippen molar-refractivity contribution in [3.05, 3.63) is 0 Å². The summed E-state index contributed by atoms with van der Waals surface area (Å²) in [5.74, 6) is -3.45. The minimum absolute atomic E-state index is 0.627. The van der Waals surface area contributed by atoms with Crippen LogP contribution in [0.3, 0.4) is 0 Å². The monoisotopic (exact) mass is 208 g/mol. The maximum absolute atomic E-state index is 12.3. The number of alkyl halides is 2. The van der Waals surface area contributed by atoms with E-state index in [1.165, 1.54) is 6.92 Å². The van der Waals surface area contributed by atoms with Crippen molar-refractivity contribution in [3.8, 4) is 0 Å². The van der Waals surface area contributed by atoms with Gasteiger partial charge in [0.05, 0.1) is 13.1 Å². The minimum atomic E-state index is -2.82. The van der Waals surface area contributed by atoms with Crippen molar-refractivity contribution in [2.24, 2.45) is 0 Å². The Kier molecular flexibility index (Phi) is 2.59. The lowest BCUT2D eigenvalue weighted by molar-refractivity contribution is -0.167. The molecule has 1 saturated heterocycles. The van der Waals surface area contributed by atoms with Gasteiger partial charge in [-0.15, -0.1) is 0 Å². The first-order chi connectivity index (χ1) is 6.32. The maximum atomic E-state index is 12.3. The summed E-state index contributed by atoms with van der Waals surface area (Å²) in [5, 5.41) is 10.2. The van der Waals surface area contributed by atoms with Crippen molar-refractivity contribution >= 4 is 12.0 Å². The second-order valence-corrected chi connectivity index (χ2v) is 3.22. The van der Waals surface area contributed by atoms with Gasteiger partial charge in [0, 0.05) is 0 Å². The first-order valence-electron chi connectivity index (χ1n) is 3.98. The second kappa shape index (κ2) is 3.39. The molecule has 2 amide bonds. The van der Waals surface area contributed by atoms with Gasteiger partial charge in [0.25, 0.3) is 5.92 Å². The number of carboxylic acid groups (broad SMARTS) is 1. The Morgan fingerprint density at radius 1 is 1.50 bits per heavy atom. The van der Waals surface area contributed by atoms with Crippen LogP contribution in [0.15, 0.2) is 0 Å². The first kappa shape index (κ1) is 10.7. The molecule has 1 unspecified atom stereocenters. The highest BCUT2D eigenvalue weighted by Crippen LogP contribution is 2.26. The fourth-order valence-electron chi connectivity index (χ4n) is 1.19. The first-order valence-corrected chi connectivity index (χ1v) is 3.98. The minimum Gasteiger partial charge on any atom is -0.465 e. The average Bonchev–Trinajstić information content (AvgIpc) is 1.97. The molecule has 80 valence electrons. The van der Waals surface area contributed by atoms with Crippen molar-refractivity contribution < 1.29 is 23.5 Å². The number of rotatable bonds is 2. The third-order valence-electron chi connectivity index (χ3n) is 1.87. The Hall–Kier alpha value is -1.40. The van der Waals surface area contributed by atoms with Crippen molar-refractivity contribution in [1.82, 2.24) is 10.2 Å². The molecule has 1 aliphatic heterocycles. The molecule has 0 spiro atoms. The summed E-state index contributed by atoms with van der Waals surface area (Å²) in [5.41, 5.74) is 0. The molecule has 1 fully saturated rings. The summed E-state index contributed by atoms with van der Waals surface area (Å²) in [6, 6.07) is -0.983.